The molecule has 1 fully saturated rings. The van der Waals surface area contributed by atoms with E-state index in [0.29, 0.717) is 27.7 Å². The SMILES string of the molecule is [C-]#[N+]C(C)(C)Nc1ccc(C)cc1.[C-]#[N+]c1ccc(N2C(=O)C(C)(C)N(c3ccc(C)cc3)C2=S)cc1[N+]#[C-].[C-]#[N+]c1ccc(N=C=S)cc1CO. The van der Waals surface area contributed by atoms with E-state index in [2.05, 4.69) is 47.1 Å². The van der Waals surface area contributed by atoms with Gasteiger partial charge in [-0.3, -0.25) is 24.2 Å². The molecule has 1 amide bonds. The molecule has 0 saturated carbocycles. The first-order chi connectivity index (χ1) is 24.7. The minimum atomic E-state index is -0.858. The zero-order valence-electron chi connectivity index (χ0n) is 29.6. The number of carbonyl (C=O) groups excluding carboxylic acids is 1. The Morgan fingerprint density at radius 3 is 1.88 bits per heavy atom. The largest absolute Gasteiger partial charge is 0.393 e. The zero-order chi connectivity index (χ0) is 38.6. The number of carbonyl (C=O) groups is 1. The molecule has 2 N–H and O–H groups in total. The summed E-state index contributed by atoms with van der Waals surface area (Å²) in [6.07, 6.45) is 0. The maximum absolute atomic E-state index is 13.1. The molecule has 1 saturated heterocycles. The van der Waals surface area contributed by atoms with E-state index in [4.69, 9.17) is 43.6 Å². The van der Waals surface area contributed by atoms with Gasteiger partial charge in [0.1, 0.15) is 5.54 Å². The summed E-state index contributed by atoms with van der Waals surface area (Å²) in [6, 6.07) is 25.5. The van der Waals surface area contributed by atoms with Crippen molar-refractivity contribution in [1.82, 2.24) is 0 Å². The number of nitrogens with zero attached hydrogens (tertiary/aromatic N) is 7. The summed E-state index contributed by atoms with van der Waals surface area (Å²) in [5, 5.41) is 14.6. The molecule has 1 aliphatic rings. The Balaban J connectivity index is 0.000000235. The van der Waals surface area contributed by atoms with Crippen LogP contribution in [0.2, 0.25) is 0 Å². The Bertz CT molecular complexity index is 2180. The lowest BCUT2D eigenvalue weighted by molar-refractivity contribution is -0.120. The average Bonchev–Trinajstić information content (AvgIpc) is 3.31. The highest BCUT2D eigenvalue weighted by Crippen LogP contribution is 2.39. The van der Waals surface area contributed by atoms with Gasteiger partial charge in [0.05, 0.1) is 37.2 Å². The molecule has 10 nitrogen and oxygen atoms in total. The molecule has 4 aromatic rings. The molecule has 4 aromatic carbocycles. The number of rotatable bonds is 6. The van der Waals surface area contributed by atoms with Gasteiger partial charge in [-0.25, -0.2) is 11.4 Å². The summed E-state index contributed by atoms with van der Waals surface area (Å²) in [7, 11) is 0. The van der Waals surface area contributed by atoms with E-state index < -0.39 is 11.2 Å². The van der Waals surface area contributed by atoms with Gasteiger partial charge in [-0.2, -0.15) is 4.99 Å². The van der Waals surface area contributed by atoms with Crippen LogP contribution in [-0.4, -0.2) is 32.5 Å². The van der Waals surface area contributed by atoms with Crippen molar-refractivity contribution in [1.29, 1.82) is 0 Å². The van der Waals surface area contributed by atoms with Crippen molar-refractivity contribution in [2.24, 2.45) is 4.99 Å². The number of hydrogen-bond donors (Lipinski definition) is 2. The Morgan fingerprint density at radius 2 is 1.37 bits per heavy atom. The molecular weight excluding hydrogens is 689 g/mol. The van der Waals surface area contributed by atoms with Crippen LogP contribution in [0.5, 0.6) is 0 Å². The number of thiocarbonyl (C=S) groups is 2. The van der Waals surface area contributed by atoms with Gasteiger partial charge < -0.3 is 15.3 Å². The number of nitrogens with one attached hydrogen (secondary N) is 1. The number of aliphatic hydroxyl groups is 1. The van der Waals surface area contributed by atoms with Gasteiger partial charge in [0.2, 0.25) is 0 Å². The third-order valence-corrected chi connectivity index (χ3v) is 8.18. The van der Waals surface area contributed by atoms with Crippen LogP contribution in [0.15, 0.2) is 89.9 Å². The van der Waals surface area contributed by atoms with Crippen molar-refractivity contribution in [2.45, 2.75) is 59.4 Å². The fourth-order valence-electron chi connectivity index (χ4n) is 4.93. The second-order valence-electron chi connectivity index (χ2n) is 12.5. The molecule has 0 atom stereocenters. The minimum Gasteiger partial charge on any atom is -0.393 e. The molecular formula is C40H36N8O2S2. The van der Waals surface area contributed by atoms with Gasteiger partial charge in [0.25, 0.3) is 11.6 Å². The molecule has 0 radical (unpaired) electrons. The van der Waals surface area contributed by atoms with Gasteiger partial charge in [0.15, 0.2) is 22.2 Å². The molecule has 0 unspecified atom stereocenters. The van der Waals surface area contributed by atoms with Crippen molar-refractivity contribution in [3.63, 3.8) is 0 Å². The van der Waals surface area contributed by atoms with Crippen LogP contribution in [0.4, 0.5) is 39.8 Å². The van der Waals surface area contributed by atoms with E-state index in [9.17, 15) is 4.79 Å². The van der Waals surface area contributed by atoms with Crippen molar-refractivity contribution >= 4 is 80.4 Å². The highest BCUT2D eigenvalue weighted by molar-refractivity contribution is 7.81. The molecule has 12 heteroatoms. The van der Waals surface area contributed by atoms with Crippen LogP contribution in [0, 0.1) is 40.1 Å². The third-order valence-electron chi connectivity index (χ3n) is 7.73. The molecule has 0 spiro atoms. The number of benzene rings is 4. The van der Waals surface area contributed by atoms with E-state index in [1.165, 1.54) is 10.5 Å². The van der Waals surface area contributed by atoms with E-state index in [-0.39, 0.29) is 23.9 Å². The second kappa shape index (κ2) is 17.6. The predicted molar refractivity (Wildman–Crippen MR) is 216 cm³/mol. The van der Waals surface area contributed by atoms with Crippen LogP contribution in [-0.2, 0) is 11.4 Å². The lowest BCUT2D eigenvalue weighted by Crippen LogP contribution is -2.44. The second-order valence-corrected chi connectivity index (χ2v) is 13.0. The van der Waals surface area contributed by atoms with Gasteiger partial charge in [-0.05, 0) is 100 Å². The van der Waals surface area contributed by atoms with Gasteiger partial charge in [-0.15, -0.1) is 0 Å². The topological polar surface area (TPSA) is 85.6 Å². The Hall–Kier alpha value is -6.24. The first kappa shape index (κ1) is 40.2. The molecule has 5 rings (SSSR count). The summed E-state index contributed by atoms with van der Waals surface area (Å²) < 4.78 is 0. The summed E-state index contributed by atoms with van der Waals surface area (Å²) >= 11 is 10.1. The first-order valence-corrected chi connectivity index (χ1v) is 16.5. The predicted octanol–water partition coefficient (Wildman–Crippen LogP) is 10.5. The molecule has 0 aromatic heterocycles. The number of hydrogen-bond acceptors (Lipinski definition) is 6. The fourth-order valence-corrected chi connectivity index (χ4v) is 5.56. The lowest BCUT2D eigenvalue weighted by atomic mass is 10.0. The highest BCUT2D eigenvalue weighted by atomic mass is 32.1. The van der Waals surface area contributed by atoms with Gasteiger partial charge in [-0.1, -0.05) is 53.6 Å². The van der Waals surface area contributed by atoms with Crippen molar-refractivity contribution < 1.29 is 9.90 Å². The normalized spacial score (nSPS) is 12.7. The number of isothiocyanates is 1. The van der Waals surface area contributed by atoms with Crippen LogP contribution < -0.4 is 15.1 Å². The molecule has 1 aliphatic heterocycles. The van der Waals surface area contributed by atoms with Crippen molar-refractivity contribution in [3.05, 3.63) is 147 Å². The smallest absolute Gasteiger partial charge is 0.299 e. The van der Waals surface area contributed by atoms with Crippen LogP contribution in [0.25, 0.3) is 19.4 Å². The van der Waals surface area contributed by atoms with Crippen molar-refractivity contribution in [2.75, 3.05) is 15.1 Å². The maximum Gasteiger partial charge on any atom is 0.299 e. The summed E-state index contributed by atoms with van der Waals surface area (Å²) in [4.78, 5) is 33.6. The highest BCUT2D eigenvalue weighted by Gasteiger charge is 2.50. The van der Waals surface area contributed by atoms with Crippen LogP contribution >= 0.6 is 24.4 Å². The molecule has 0 bridgehead atoms. The lowest BCUT2D eigenvalue weighted by Gasteiger charge is -2.29. The van der Waals surface area contributed by atoms with E-state index in [1.54, 1.807) is 36.4 Å². The number of aryl methyl sites for hydroxylation is 2. The molecule has 1 heterocycles. The van der Waals surface area contributed by atoms with E-state index in [0.717, 1.165) is 16.9 Å². The number of aliphatic hydroxyl groups excluding tert-OH is 1. The quantitative estimate of drug-likeness (QED) is 0.117. The zero-order valence-corrected chi connectivity index (χ0v) is 31.2. The van der Waals surface area contributed by atoms with E-state index in [1.807, 2.05) is 95.0 Å². The average molecular weight is 725 g/mol. The van der Waals surface area contributed by atoms with Gasteiger partial charge >= 0.3 is 0 Å². The monoisotopic (exact) mass is 724 g/mol. The van der Waals surface area contributed by atoms with Crippen molar-refractivity contribution in [3.8, 4) is 0 Å². The fraction of sp³-hybridized carbons (Fsp3) is 0.225. The maximum atomic E-state index is 13.1. The standard InChI is InChI=1S/C20H16N4OS.C11H14N2.C9H6N2OS/c1-13-6-8-14(9-7-13)24-19(26)23(18(25)20(24,2)3)15-10-11-16(21-4)17(12-15)22-5;1-9-5-7-10(8-6-9)13-11(2,3)12-4;1-10-9-3-2-8(11-6-13)4-7(9)5-12/h6-12H,1-3H3;5-8,13H,1-3H3;2-4,12H,5H2. The summed E-state index contributed by atoms with van der Waals surface area (Å²) in [5.41, 5.74) is 5.37. The minimum absolute atomic E-state index is 0.168. The Labute approximate surface area is 315 Å². The molecule has 0 aliphatic carbocycles. The Morgan fingerprint density at radius 1 is 0.827 bits per heavy atom. The number of amides is 1. The van der Waals surface area contributed by atoms with E-state index >= 15 is 0 Å². The van der Waals surface area contributed by atoms with Crippen LogP contribution in [0.3, 0.4) is 0 Å². The third kappa shape index (κ3) is 9.71. The summed E-state index contributed by atoms with van der Waals surface area (Å²) in [6.45, 7) is 39.4. The molecule has 260 valence electrons. The summed E-state index contributed by atoms with van der Waals surface area (Å²) in [5.74, 6) is -0.172. The molecule has 52 heavy (non-hydrogen) atoms. The number of aliphatic imine (C=N–C) groups is 1. The van der Waals surface area contributed by atoms with Gasteiger partial charge in [0, 0.05) is 30.9 Å². The number of anilines is 3. The van der Waals surface area contributed by atoms with Crippen LogP contribution in [0.1, 0.15) is 44.4 Å². The first-order valence-electron chi connectivity index (χ1n) is 15.7. The Kier molecular flexibility index (Phi) is 13.6.